The number of carbonyl (C=O) groups excluding carboxylic acids is 1. The number of pyridine rings is 2. The monoisotopic (exact) mass is 396 g/mol. The molecule has 2 aliphatic rings. The van der Waals surface area contributed by atoms with E-state index in [9.17, 15) is 24.9 Å². The lowest BCUT2D eigenvalue weighted by molar-refractivity contribution is -0.157. The summed E-state index contributed by atoms with van der Waals surface area (Å²) in [7, 11) is 0. The van der Waals surface area contributed by atoms with Gasteiger partial charge in [0.05, 0.1) is 35.6 Å². The van der Waals surface area contributed by atoms with Crippen molar-refractivity contribution in [2.24, 2.45) is 0 Å². The average Bonchev–Trinajstić information content (AvgIpc) is 3.09. The standard InChI is InChI=1S/C19H14N2O6.C2H6/c22-6-11-9-3-8-5-21-14(16(8)20-13(9)1-2-15(11)23)4-10-12(18(21)25)7-27-19(26)17(10)24;1-2/h1-4,17,22-24H,5-7H2;1-2H3. The van der Waals surface area contributed by atoms with E-state index in [-0.39, 0.29) is 42.2 Å². The van der Waals surface area contributed by atoms with E-state index in [2.05, 4.69) is 4.98 Å². The number of aromatic hydroxyl groups is 1. The van der Waals surface area contributed by atoms with E-state index in [4.69, 9.17) is 4.74 Å². The van der Waals surface area contributed by atoms with Crippen molar-refractivity contribution < 1.29 is 24.9 Å². The molecule has 0 saturated heterocycles. The second kappa shape index (κ2) is 6.98. The van der Waals surface area contributed by atoms with Gasteiger partial charge in [-0.1, -0.05) is 13.8 Å². The summed E-state index contributed by atoms with van der Waals surface area (Å²) in [5.74, 6) is -0.798. The highest BCUT2D eigenvalue weighted by molar-refractivity contribution is 5.88. The van der Waals surface area contributed by atoms with E-state index < -0.39 is 12.1 Å². The zero-order valence-electron chi connectivity index (χ0n) is 16.0. The maximum Gasteiger partial charge on any atom is 0.340 e. The van der Waals surface area contributed by atoms with Gasteiger partial charge >= 0.3 is 5.97 Å². The normalized spacial score (nSPS) is 16.4. The van der Waals surface area contributed by atoms with Gasteiger partial charge in [0.1, 0.15) is 12.4 Å². The Morgan fingerprint density at radius 3 is 2.72 bits per heavy atom. The van der Waals surface area contributed by atoms with Crippen LogP contribution in [0.5, 0.6) is 5.75 Å². The smallest absolute Gasteiger partial charge is 0.340 e. The molecule has 0 spiro atoms. The fraction of sp³-hybridized carbons (Fsp3) is 0.286. The largest absolute Gasteiger partial charge is 0.508 e. The minimum atomic E-state index is -1.49. The summed E-state index contributed by atoms with van der Waals surface area (Å²) in [6, 6.07) is 6.50. The minimum Gasteiger partial charge on any atom is -0.508 e. The van der Waals surface area contributed by atoms with Crippen LogP contribution in [0.4, 0.5) is 0 Å². The van der Waals surface area contributed by atoms with Gasteiger partial charge in [-0.05, 0) is 24.3 Å². The molecule has 0 aliphatic carbocycles. The van der Waals surface area contributed by atoms with Crippen LogP contribution in [0.25, 0.3) is 22.3 Å². The summed E-state index contributed by atoms with van der Waals surface area (Å²) in [5, 5.41) is 30.2. The molecule has 1 aromatic carbocycles. The predicted octanol–water partition coefficient (Wildman–Crippen LogP) is 1.74. The zero-order chi connectivity index (χ0) is 20.9. The van der Waals surface area contributed by atoms with Crippen LogP contribution in [0.3, 0.4) is 0 Å². The first-order chi connectivity index (χ1) is 14.0. The first-order valence-corrected chi connectivity index (χ1v) is 9.36. The Morgan fingerprint density at radius 2 is 2.00 bits per heavy atom. The van der Waals surface area contributed by atoms with Crippen LogP contribution in [-0.4, -0.2) is 30.8 Å². The number of cyclic esters (lactones) is 1. The summed E-state index contributed by atoms with van der Waals surface area (Å²) in [5.41, 5.74) is 2.96. The van der Waals surface area contributed by atoms with Crippen molar-refractivity contribution >= 4 is 16.9 Å². The number of phenols is 1. The molecule has 0 fully saturated rings. The van der Waals surface area contributed by atoms with E-state index in [0.717, 1.165) is 5.56 Å². The van der Waals surface area contributed by atoms with Crippen molar-refractivity contribution in [2.75, 3.05) is 0 Å². The van der Waals surface area contributed by atoms with Gasteiger partial charge in [0.15, 0.2) is 6.10 Å². The van der Waals surface area contributed by atoms with Crippen molar-refractivity contribution in [3.05, 3.63) is 56.9 Å². The van der Waals surface area contributed by atoms with Gasteiger partial charge in [-0.3, -0.25) is 4.79 Å². The Bertz CT molecular complexity index is 1210. The number of nitrogens with zero attached hydrogens (tertiary/aromatic N) is 2. The summed E-state index contributed by atoms with van der Waals surface area (Å²) < 4.78 is 6.39. The van der Waals surface area contributed by atoms with Crippen molar-refractivity contribution in [2.45, 2.75) is 39.7 Å². The van der Waals surface area contributed by atoms with Gasteiger partial charge in [-0.15, -0.1) is 0 Å². The zero-order valence-corrected chi connectivity index (χ0v) is 16.0. The van der Waals surface area contributed by atoms with E-state index in [1.807, 2.05) is 13.8 Å². The van der Waals surface area contributed by atoms with Crippen LogP contribution in [0.1, 0.15) is 42.2 Å². The Morgan fingerprint density at radius 1 is 1.24 bits per heavy atom. The van der Waals surface area contributed by atoms with Crippen molar-refractivity contribution in [1.82, 2.24) is 9.55 Å². The maximum absolute atomic E-state index is 12.8. The molecule has 3 N–H and O–H groups in total. The van der Waals surface area contributed by atoms with Crippen LogP contribution in [0, 0.1) is 0 Å². The Balaban J connectivity index is 0.000000994. The second-order valence-electron chi connectivity index (χ2n) is 6.65. The molecule has 8 heteroatoms. The number of rotatable bonds is 1. The Labute approximate surface area is 165 Å². The summed E-state index contributed by atoms with van der Waals surface area (Å²) in [4.78, 5) is 29.1. The highest BCUT2D eigenvalue weighted by Crippen LogP contribution is 2.37. The first kappa shape index (κ1) is 19.1. The predicted molar refractivity (Wildman–Crippen MR) is 104 cm³/mol. The molecular formula is C21H20N2O6. The van der Waals surface area contributed by atoms with Gasteiger partial charge < -0.3 is 24.6 Å². The quantitative estimate of drug-likeness (QED) is 0.419. The van der Waals surface area contributed by atoms with Crippen LogP contribution < -0.4 is 5.56 Å². The lowest BCUT2D eigenvalue weighted by Crippen LogP contribution is -2.32. The number of fused-ring (bicyclic) bond motifs is 5. The highest BCUT2D eigenvalue weighted by Gasteiger charge is 2.33. The fourth-order valence-electron chi connectivity index (χ4n) is 3.81. The van der Waals surface area contributed by atoms with E-state index in [1.165, 1.54) is 10.6 Å². The van der Waals surface area contributed by atoms with Crippen LogP contribution in [0.2, 0.25) is 0 Å². The molecule has 1 atom stereocenters. The Kier molecular flexibility index (Phi) is 4.60. The maximum atomic E-state index is 12.8. The molecule has 0 saturated carbocycles. The Hall–Kier alpha value is -3.23. The van der Waals surface area contributed by atoms with Crippen LogP contribution in [0.15, 0.2) is 29.1 Å². The number of ether oxygens (including phenoxy) is 1. The summed E-state index contributed by atoms with van der Waals surface area (Å²) in [6.45, 7) is 3.76. The molecule has 29 heavy (non-hydrogen) atoms. The number of hydrogen-bond donors (Lipinski definition) is 3. The molecule has 0 amide bonds. The van der Waals surface area contributed by atoms with Crippen molar-refractivity contribution in [1.29, 1.82) is 0 Å². The number of aromatic nitrogens is 2. The first-order valence-electron chi connectivity index (χ1n) is 9.36. The van der Waals surface area contributed by atoms with Gasteiger partial charge in [0.25, 0.3) is 5.56 Å². The van der Waals surface area contributed by atoms with Crippen LogP contribution in [-0.2, 0) is 29.3 Å². The molecule has 150 valence electrons. The molecule has 0 radical (unpaired) electrons. The number of carbonyl (C=O) groups is 1. The molecule has 0 bridgehead atoms. The van der Waals surface area contributed by atoms with Crippen molar-refractivity contribution in [3.63, 3.8) is 0 Å². The molecule has 4 heterocycles. The number of aliphatic hydroxyl groups excluding tert-OH is 2. The molecule has 3 aromatic rings. The third kappa shape index (κ3) is 2.72. The third-order valence-electron chi connectivity index (χ3n) is 5.20. The second-order valence-corrected chi connectivity index (χ2v) is 6.65. The van der Waals surface area contributed by atoms with Gasteiger partial charge in [0.2, 0.25) is 0 Å². The molecule has 8 nitrogen and oxygen atoms in total. The fourth-order valence-corrected chi connectivity index (χ4v) is 3.81. The topological polar surface area (TPSA) is 122 Å². The van der Waals surface area contributed by atoms with Gasteiger partial charge in [-0.25, -0.2) is 9.78 Å². The van der Waals surface area contributed by atoms with Crippen molar-refractivity contribution in [3.8, 4) is 17.1 Å². The van der Waals surface area contributed by atoms with E-state index >= 15 is 0 Å². The number of esters is 1. The average molecular weight is 396 g/mol. The molecule has 2 aliphatic heterocycles. The number of aliphatic hydroxyl groups is 2. The van der Waals surface area contributed by atoms with E-state index in [1.54, 1.807) is 18.2 Å². The molecule has 5 rings (SSSR count). The SMILES string of the molecule is CC.O=C1OCc2c(cc3n(c2=O)Cc2cc4c(CO)c(O)ccc4nc2-3)C1O. The lowest BCUT2D eigenvalue weighted by Gasteiger charge is -2.21. The minimum absolute atomic E-state index is 0.0197. The molecular weight excluding hydrogens is 376 g/mol. The molecule has 1 unspecified atom stereocenters. The summed E-state index contributed by atoms with van der Waals surface area (Å²) >= 11 is 0. The molecule has 2 aromatic heterocycles. The lowest BCUT2D eigenvalue weighted by atomic mass is 10.00. The van der Waals surface area contributed by atoms with Gasteiger partial charge in [0, 0.05) is 22.1 Å². The highest BCUT2D eigenvalue weighted by atomic mass is 16.5. The number of hydrogen-bond acceptors (Lipinski definition) is 7. The van der Waals surface area contributed by atoms with Crippen LogP contribution >= 0.6 is 0 Å². The third-order valence-corrected chi connectivity index (χ3v) is 5.20. The summed E-state index contributed by atoms with van der Waals surface area (Å²) in [6.07, 6.45) is -1.49. The van der Waals surface area contributed by atoms with Gasteiger partial charge in [-0.2, -0.15) is 0 Å². The number of benzene rings is 1. The van der Waals surface area contributed by atoms with E-state index in [0.29, 0.717) is 27.9 Å².